The zero-order valence-corrected chi connectivity index (χ0v) is 19.4. The number of anilines is 2. The van der Waals surface area contributed by atoms with Crippen molar-refractivity contribution in [2.75, 3.05) is 11.9 Å². The van der Waals surface area contributed by atoms with Gasteiger partial charge in [-0.1, -0.05) is 12.1 Å². The summed E-state index contributed by atoms with van der Waals surface area (Å²) < 4.78 is 138. The molecule has 9 nitrogen and oxygen atoms in total. The fourth-order valence-electron chi connectivity index (χ4n) is 2.62. The zero-order valence-electron chi connectivity index (χ0n) is 19.4. The van der Waals surface area contributed by atoms with Gasteiger partial charge < -0.3 is 19.5 Å². The number of rotatable bonds is 11. The summed E-state index contributed by atoms with van der Waals surface area (Å²) in [5.41, 5.74) is 0.247. The Bertz CT molecular complexity index is 1300. The highest BCUT2D eigenvalue weighted by atomic mass is 19.4. The van der Waals surface area contributed by atoms with Gasteiger partial charge in [0.15, 0.2) is 6.61 Å². The van der Waals surface area contributed by atoms with Gasteiger partial charge in [-0.05, 0) is 42.0 Å². The first kappa shape index (κ1) is 30.1. The summed E-state index contributed by atoms with van der Waals surface area (Å²) in [6, 6.07) is 7.81. The highest BCUT2D eigenvalue weighted by molar-refractivity contribution is 5.55. The highest BCUT2D eigenvalue weighted by Crippen LogP contribution is 2.29. The summed E-state index contributed by atoms with van der Waals surface area (Å²) in [4.78, 5) is 11.0. The molecule has 0 amide bonds. The first-order chi connectivity index (χ1) is 18.6. The number of hydrogen-bond donors (Lipinski definition) is 1. The Labute approximate surface area is 216 Å². The molecule has 0 atom stereocenters. The zero-order chi connectivity index (χ0) is 29.6. The summed E-state index contributed by atoms with van der Waals surface area (Å²) in [6.45, 7) is -2.14. The van der Waals surface area contributed by atoms with Crippen LogP contribution in [-0.2, 0) is 6.54 Å². The molecule has 0 saturated carbocycles. The smallest absolute Gasteiger partial charge is 0.454 e. The van der Waals surface area contributed by atoms with Crippen LogP contribution in [0.3, 0.4) is 0 Å². The third kappa shape index (κ3) is 10.0. The van der Waals surface area contributed by atoms with Crippen molar-refractivity contribution < 1.29 is 58.1 Å². The van der Waals surface area contributed by atoms with E-state index in [0.717, 1.165) is 36.4 Å². The normalized spacial score (nSPS) is 12.6. The van der Waals surface area contributed by atoms with Gasteiger partial charge in [-0.25, -0.2) is 0 Å². The second-order valence-corrected chi connectivity index (χ2v) is 7.35. The van der Waals surface area contributed by atoms with Crippen molar-refractivity contribution in [2.24, 2.45) is 10.2 Å². The second kappa shape index (κ2) is 12.2. The van der Waals surface area contributed by atoms with E-state index >= 15 is 0 Å². The molecule has 0 fully saturated rings. The third-order valence-electron chi connectivity index (χ3n) is 4.13. The van der Waals surface area contributed by atoms with Crippen LogP contribution in [0.5, 0.6) is 17.5 Å². The van der Waals surface area contributed by atoms with E-state index in [2.05, 4.69) is 44.7 Å². The number of hydrogen-bond acceptors (Lipinski definition) is 9. The maximum atomic E-state index is 13.1. The number of azo groups is 1. The molecule has 3 rings (SSSR count). The van der Waals surface area contributed by atoms with Gasteiger partial charge in [0.25, 0.3) is 5.95 Å². The van der Waals surface area contributed by atoms with Gasteiger partial charge in [0.2, 0.25) is 5.95 Å². The number of nitrogens with zero attached hydrogens (tertiary/aromatic N) is 5. The van der Waals surface area contributed by atoms with E-state index in [0.29, 0.717) is 0 Å². The van der Waals surface area contributed by atoms with Crippen molar-refractivity contribution in [3.8, 4) is 17.5 Å². The van der Waals surface area contributed by atoms with Gasteiger partial charge in [-0.3, -0.25) is 0 Å². The minimum atomic E-state index is -4.93. The summed E-state index contributed by atoms with van der Waals surface area (Å²) in [5, 5.41) is 9.79. The molecule has 19 heteroatoms. The maximum absolute atomic E-state index is 13.1. The van der Waals surface area contributed by atoms with E-state index in [1.807, 2.05) is 0 Å². The van der Waals surface area contributed by atoms with Crippen molar-refractivity contribution in [2.45, 2.75) is 31.6 Å². The quantitative estimate of drug-likeness (QED) is 0.191. The van der Waals surface area contributed by atoms with Gasteiger partial charge in [0, 0.05) is 5.69 Å². The average molecular weight is 588 g/mol. The Morgan fingerprint density at radius 2 is 1.52 bits per heavy atom. The Kier molecular flexibility index (Phi) is 9.15. The molecule has 1 heterocycles. The van der Waals surface area contributed by atoms with Crippen LogP contribution in [-0.4, -0.2) is 46.6 Å². The van der Waals surface area contributed by atoms with E-state index in [-0.39, 0.29) is 17.8 Å². The molecule has 0 aliphatic rings. The molecular formula is C21H14F10N6O3. The molecule has 40 heavy (non-hydrogen) atoms. The van der Waals surface area contributed by atoms with Crippen LogP contribution >= 0.6 is 0 Å². The van der Waals surface area contributed by atoms with Gasteiger partial charge in [0.1, 0.15) is 11.5 Å². The van der Waals surface area contributed by atoms with Crippen molar-refractivity contribution >= 4 is 17.6 Å². The second-order valence-electron chi connectivity index (χ2n) is 7.35. The molecule has 0 unspecified atom stereocenters. The Morgan fingerprint density at radius 1 is 0.825 bits per heavy atom. The molecular weight excluding hydrogens is 574 g/mol. The molecule has 0 spiro atoms. The molecule has 0 bridgehead atoms. The number of halogens is 10. The standard InChI is InChI=1S/C21H14F10N6O3/c22-15(23)20(27,28)39-14-3-1-2-11(8-14)9-32-37-17-34-16(35-18(36-17)38-10-19(24,25)26)33-12-4-6-13(7-5-12)40-21(29,30)31/h1-8,15H,9-10H2,(H,33,34,35,36). The predicted octanol–water partition coefficient (Wildman–Crippen LogP) is 6.98. The largest absolute Gasteiger partial charge is 0.573 e. The lowest BCUT2D eigenvalue weighted by atomic mass is 10.2. The van der Waals surface area contributed by atoms with Crippen molar-refractivity contribution in [1.29, 1.82) is 0 Å². The van der Waals surface area contributed by atoms with Crippen LogP contribution < -0.4 is 19.5 Å². The monoisotopic (exact) mass is 588 g/mol. The molecule has 1 aromatic heterocycles. The minimum Gasteiger partial charge on any atom is -0.454 e. The predicted molar refractivity (Wildman–Crippen MR) is 114 cm³/mol. The van der Waals surface area contributed by atoms with Crippen molar-refractivity contribution in [1.82, 2.24) is 15.0 Å². The van der Waals surface area contributed by atoms with Gasteiger partial charge in [0.05, 0.1) is 6.54 Å². The first-order valence-corrected chi connectivity index (χ1v) is 10.5. The van der Waals surface area contributed by atoms with Crippen LogP contribution in [0.2, 0.25) is 0 Å². The first-order valence-electron chi connectivity index (χ1n) is 10.5. The lowest BCUT2D eigenvalue weighted by Gasteiger charge is -2.16. The number of benzene rings is 2. The summed E-state index contributed by atoms with van der Waals surface area (Å²) in [6.07, 6.45) is -18.5. The fraction of sp³-hybridized carbons (Fsp3) is 0.286. The van der Waals surface area contributed by atoms with Crippen LogP contribution in [0.1, 0.15) is 5.56 Å². The SMILES string of the molecule is FC(F)C(F)(F)Oc1cccc(CN=Nc2nc(Nc3ccc(OC(F)(F)F)cc3)nc(OCC(F)(F)F)n2)c1. The van der Waals surface area contributed by atoms with E-state index in [1.165, 1.54) is 12.1 Å². The average Bonchev–Trinajstić information content (AvgIpc) is 2.82. The van der Waals surface area contributed by atoms with E-state index < -0.39 is 61.1 Å². The third-order valence-corrected chi connectivity index (χ3v) is 4.13. The Hall–Kier alpha value is -4.45. The lowest BCUT2D eigenvalue weighted by Crippen LogP contribution is -2.33. The Morgan fingerprint density at radius 3 is 2.15 bits per heavy atom. The molecule has 2 aromatic carbocycles. The summed E-state index contributed by atoms with van der Waals surface area (Å²) in [7, 11) is 0. The molecule has 0 radical (unpaired) electrons. The summed E-state index contributed by atoms with van der Waals surface area (Å²) in [5.74, 6) is -2.16. The Balaban J connectivity index is 1.77. The topological polar surface area (TPSA) is 103 Å². The van der Waals surface area contributed by atoms with Crippen LogP contribution in [0.4, 0.5) is 61.5 Å². The van der Waals surface area contributed by atoms with Crippen molar-refractivity contribution in [3.05, 3.63) is 54.1 Å². The fourth-order valence-corrected chi connectivity index (χ4v) is 2.62. The van der Waals surface area contributed by atoms with E-state index in [9.17, 15) is 43.9 Å². The van der Waals surface area contributed by atoms with Crippen molar-refractivity contribution in [3.63, 3.8) is 0 Å². The molecule has 0 aliphatic carbocycles. The van der Waals surface area contributed by atoms with Gasteiger partial charge in [-0.15, -0.1) is 18.3 Å². The number of alkyl halides is 10. The van der Waals surface area contributed by atoms with E-state index in [1.54, 1.807) is 0 Å². The van der Waals surface area contributed by atoms with E-state index in [4.69, 9.17) is 0 Å². The molecule has 3 aromatic rings. The molecule has 0 aliphatic heterocycles. The highest BCUT2D eigenvalue weighted by Gasteiger charge is 2.44. The molecule has 216 valence electrons. The molecule has 0 saturated heterocycles. The number of ether oxygens (including phenoxy) is 3. The van der Waals surface area contributed by atoms with Crippen LogP contribution in [0.15, 0.2) is 58.8 Å². The van der Waals surface area contributed by atoms with Gasteiger partial charge >= 0.3 is 31.1 Å². The number of nitrogens with one attached hydrogen (secondary N) is 1. The van der Waals surface area contributed by atoms with Crippen LogP contribution in [0.25, 0.3) is 0 Å². The number of aromatic nitrogens is 3. The summed E-state index contributed by atoms with van der Waals surface area (Å²) >= 11 is 0. The lowest BCUT2D eigenvalue weighted by molar-refractivity contribution is -0.274. The minimum absolute atomic E-state index is 0.0859. The maximum Gasteiger partial charge on any atom is 0.573 e. The van der Waals surface area contributed by atoms with Gasteiger partial charge in [-0.2, -0.15) is 50.8 Å². The molecule has 1 N–H and O–H groups in total. The van der Waals surface area contributed by atoms with Crippen LogP contribution in [0, 0.1) is 0 Å².